The van der Waals surface area contributed by atoms with E-state index in [0.29, 0.717) is 24.4 Å². The van der Waals surface area contributed by atoms with Crippen LogP contribution < -0.4 is 15.4 Å². The van der Waals surface area contributed by atoms with Gasteiger partial charge in [-0.3, -0.25) is 14.4 Å². The maximum absolute atomic E-state index is 11.9. The van der Waals surface area contributed by atoms with Crippen molar-refractivity contribution in [3.05, 3.63) is 29.8 Å². The quantitative estimate of drug-likeness (QED) is 0.467. The number of amides is 2. The third-order valence-electron chi connectivity index (χ3n) is 2.59. The molecule has 2 N–H and O–H groups in total. The maximum atomic E-state index is 11.9. The second-order valence-electron chi connectivity index (χ2n) is 4.82. The number of nitrogens with one attached hydrogen (secondary N) is 2. The topological polar surface area (TPSA) is 84.5 Å². The molecular formula is C15H20N2O4. The van der Waals surface area contributed by atoms with Gasteiger partial charge in [0.25, 0.3) is 5.91 Å². The van der Waals surface area contributed by atoms with Crippen LogP contribution in [0.1, 0.15) is 31.1 Å². The van der Waals surface area contributed by atoms with E-state index in [4.69, 9.17) is 4.74 Å². The standard InChI is InChI=1S/C15H20N2O4/c1-10(2)14(19)16-7-8-17-15(20)12-5-4-6-13(9-12)21-11(3)18/h4-6,9-10H,7-8H2,1-3H3,(H,16,19)(H,17,20). The Bertz CT molecular complexity index is 526. The minimum Gasteiger partial charge on any atom is -0.427 e. The number of benzene rings is 1. The summed E-state index contributed by atoms with van der Waals surface area (Å²) in [6.07, 6.45) is 0. The van der Waals surface area contributed by atoms with E-state index >= 15 is 0 Å². The Hall–Kier alpha value is -2.37. The average Bonchev–Trinajstić information content (AvgIpc) is 2.42. The molecule has 0 heterocycles. The van der Waals surface area contributed by atoms with Gasteiger partial charge < -0.3 is 15.4 Å². The Morgan fingerprint density at radius 3 is 2.43 bits per heavy atom. The molecule has 0 aliphatic heterocycles. The minimum absolute atomic E-state index is 0.0545. The second-order valence-corrected chi connectivity index (χ2v) is 4.82. The SMILES string of the molecule is CC(=O)Oc1cccc(C(=O)NCCNC(=O)C(C)C)c1. The fraction of sp³-hybridized carbons (Fsp3) is 0.400. The molecule has 0 radical (unpaired) electrons. The van der Waals surface area contributed by atoms with Crippen molar-refractivity contribution in [2.75, 3.05) is 13.1 Å². The minimum atomic E-state index is -0.441. The molecule has 21 heavy (non-hydrogen) atoms. The van der Waals surface area contributed by atoms with E-state index in [2.05, 4.69) is 10.6 Å². The van der Waals surface area contributed by atoms with Crippen LogP contribution in [0.4, 0.5) is 0 Å². The molecule has 1 aromatic carbocycles. The zero-order chi connectivity index (χ0) is 15.8. The summed E-state index contributed by atoms with van der Waals surface area (Å²) in [6.45, 7) is 5.59. The van der Waals surface area contributed by atoms with E-state index in [1.807, 2.05) is 0 Å². The smallest absolute Gasteiger partial charge is 0.308 e. The lowest BCUT2D eigenvalue weighted by Crippen LogP contribution is -2.36. The predicted molar refractivity (Wildman–Crippen MR) is 77.9 cm³/mol. The maximum Gasteiger partial charge on any atom is 0.308 e. The van der Waals surface area contributed by atoms with Gasteiger partial charge >= 0.3 is 5.97 Å². The fourth-order valence-corrected chi connectivity index (χ4v) is 1.53. The summed E-state index contributed by atoms with van der Waals surface area (Å²) in [4.78, 5) is 34.1. The number of carbonyl (C=O) groups is 3. The highest BCUT2D eigenvalue weighted by atomic mass is 16.5. The molecule has 0 fully saturated rings. The number of esters is 1. The highest BCUT2D eigenvalue weighted by Gasteiger charge is 2.08. The molecule has 114 valence electrons. The molecule has 0 atom stereocenters. The molecular weight excluding hydrogens is 272 g/mol. The van der Waals surface area contributed by atoms with Gasteiger partial charge in [-0.2, -0.15) is 0 Å². The van der Waals surface area contributed by atoms with Crippen LogP contribution in [-0.4, -0.2) is 30.9 Å². The van der Waals surface area contributed by atoms with Gasteiger partial charge in [-0.15, -0.1) is 0 Å². The number of carbonyl (C=O) groups excluding carboxylic acids is 3. The molecule has 0 saturated heterocycles. The zero-order valence-electron chi connectivity index (χ0n) is 12.4. The molecule has 1 aromatic rings. The van der Waals surface area contributed by atoms with Crippen LogP contribution >= 0.6 is 0 Å². The van der Waals surface area contributed by atoms with Gasteiger partial charge in [-0.05, 0) is 18.2 Å². The fourth-order valence-electron chi connectivity index (χ4n) is 1.53. The lowest BCUT2D eigenvalue weighted by Gasteiger charge is -2.09. The molecule has 0 bridgehead atoms. The summed E-state index contributed by atoms with van der Waals surface area (Å²) in [5.41, 5.74) is 0.393. The summed E-state index contributed by atoms with van der Waals surface area (Å²) in [5.74, 6) is -0.544. The van der Waals surface area contributed by atoms with Crippen LogP contribution in [0.2, 0.25) is 0 Å². The van der Waals surface area contributed by atoms with Crippen molar-refractivity contribution in [2.45, 2.75) is 20.8 Å². The first-order valence-electron chi connectivity index (χ1n) is 6.74. The van der Waals surface area contributed by atoms with Gasteiger partial charge in [0.15, 0.2) is 0 Å². The highest BCUT2D eigenvalue weighted by molar-refractivity contribution is 5.94. The first-order chi connectivity index (χ1) is 9.90. The van der Waals surface area contributed by atoms with Crippen LogP contribution in [0.3, 0.4) is 0 Å². The number of rotatable bonds is 6. The molecule has 2 amide bonds. The summed E-state index contributed by atoms with van der Waals surface area (Å²) in [5, 5.41) is 5.38. The normalized spacial score (nSPS) is 10.1. The van der Waals surface area contributed by atoms with Gasteiger partial charge in [-0.1, -0.05) is 19.9 Å². The van der Waals surface area contributed by atoms with Crippen molar-refractivity contribution < 1.29 is 19.1 Å². The Kier molecular flexibility index (Phi) is 6.39. The molecule has 0 aliphatic carbocycles. The first kappa shape index (κ1) is 16.7. The largest absolute Gasteiger partial charge is 0.427 e. The van der Waals surface area contributed by atoms with Crippen molar-refractivity contribution >= 4 is 17.8 Å². The highest BCUT2D eigenvalue weighted by Crippen LogP contribution is 2.13. The molecule has 1 rings (SSSR count). The number of hydrogen-bond acceptors (Lipinski definition) is 4. The number of ether oxygens (including phenoxy) is 1. The molecule has 0 aliphatic rings. The Labute approximate surface area is 123 Å². The predicted octanol–water partition coefficient (Wildman–Crippen LogP) is 1.11. The third kappa shape index (κ3) is 6.07. The summed E-state index contributed by atoms with van der Waals surface area (Å²) in [6, 6.07) is 6.34. The molecule has 6 nitrogen and oxygen atoms in total. The lowest BCUT2D eigenvalue weighted by atomic mass is 10.2. The van der Waals surface area contributed by atoms with E-state index < -0.39 is 5.97 Å². The van der Waals surface area contributed by atoms with Crippen molar-refractivity contribution in [1.82, 2.24) is 10.6 Å². The van der Waals surface area contributed by atoms with Crippen LogP contribution in [0, 0.1) is 5.92 Å². The Morgan fingerprint density at radius 2 is 1.81 bits per heavy atom. The molecule has 0 spiro atoms. The van der Waals surface area contributed by atoms with Crippen molar-refractivity contribution in [3.63, 3.8) is 0 Å². The zero-order valence-corrected chi connectivity index (χ0v) is 12.4. The van der Waals surface area contributed by atoms with Gasteiger partial charge in [0.2, 0.25) is 5.91 Å². The van der Waals surface area contributed by atoms with E-state index in [1.54, 1.807) is 32.0 Å². The monoisotopic (exact) mass is 292 g/mol. The second kappa shape index (κ2) is 8.04. The van der Waals surface area contributed by atoms with Crippen LogP contribution in [0.15, 0.2) is 24.3 Å². The Morgan fingerprint density at radius 1 is 1.14 bits per heavy atom. The lowest BCUT2D eigenvalue weighted by molar-refractivity contribution is -0.131. The van der Waals surface area contributed by atoms with Gasteiger partial charge in [-0.25, -0.2) is 0 Å². The van der Waals surface area contributed by atoms with Crippen LogP contribution in [0.5, 0.6) is 5.75 Å². The van der Waals surface area contributed by atoms with Crippen LogP contribution in [-0.2, 0) is 9.59 Å². The van der Waals surface area contributed by atoms with Gasteiger partial charge in [0.1, 0.15) is 5.75 Å². The van der Waals surface area contributed by atoms with E-state index in [0.717, 1.165) is 0 Å². The molecule has 0 saturated carbocycles. The Balaban J connectivity index is 2.45. The van der Waals surface area contributed by atoms with Gasteiger partial charge in [0.05, 0.1) is 0 Å². The summed E-state index contributed by atoms with van der Waals surface area (Å²) < 4.78 is 4.91. The van der Waals surface area contributed by atoms with Crippen LogP contribution in [0.25, 0.3) is 0 Å². The molecule has 0 unspecified atom stereocenters. The molecule has 6 heteroatoms. The van der Waals surface area contributed by atoms with E-state index in [-0.39, 0.29) is 17.7 Å². The van der Waals surface area contributed by atoms with Crippen molar-refractivity contribution in [2.24, 2.45) is 5.92 Å². The third-order valence-corrected chi connectivity index (χ3v) is 2.59. The van der Waals surface area contributed by atoms with Crippen molar-refractivity contribution in [1.29, 1.82) is 0 Å². The van der Waals surface area contributed by atoms with E-state index in [1.165, 1.54) is 13.0 Å². The number of hydrogen-bond donors (Lipinski definition) is 2. The van der Waals surface area contributed by atoms with Crippen molar-refractivity contribution in [3.8, 4) is 5.75 Å². The van der Waals surface area contributed by atoms with E-state index in [9.17, 15) is 14.4 Å². The summed E-state index contributed by atoms with van der Waals surface area (Å²) in [7, 11) is 0. The average molecular weight is 292 g/mol. The summed E-state index contributed by atoms with van der Waals surface area (Å²) >= 11 is 0. The molecule has 0 aromatic heterocycles. The van der Waals surface area contributed by atoms with Gasteiger partial charge in [0, 0.05) is 31.5 Å². The first-order valence-corrected chi connectivity index (χ1v) is 6.74.